The van der Waals surface area contributed by atoms with Gasteiger partial charge < -0.3 is 30.3 Å². The summed E-state index contributed by atoms with van der Waals surface area (Å²) < 4.78 is 6.09. The molecular weight excluding hydrogens is 444 g/mol. The van der Waals surface area contributed by atoms with E-state index in [4.69, 9.17) is 4.74 Å². The van der Waals surface area contributed by atoms with Crippen LogP contribution in [0, 0.1) is 0 Å². The van der Waals surface area contributed by atoms with Crippen LogP contribution < -0.4 is 4.74 Å². The molecule has 0 spiro atoms. The van der Waals surface area contributed by atoms with Crippen LogP contribution in [-0.4, -0.2) is 31.6 Å². The van der Waals surface area contributed by atoms with Gasteiger partial charge in [-0.1, -0.05) is 55.7 Å². The Hall–Kier alpha value is -3.64. The summed E-state index contributed by atoms with van der Waals surface area (Å²) in [5, 5.41) is 51.2. The highest BCUT2D eigenvalue weighted by atomic mass is 16.5. The van der Waals surface area contributed by atoms with Gasteiger partial charge in [0.2, 0.25) is 0 Å². The van der Waals surface area contributed by atoms with Crippen molar-refractivity contribution in [2.75, 3.05) is 0 Å². The zero-order valence-electron chi connectivity index (χ0n) is 19.4. The molecule has 35 heavy (non-hydrogen) atoms. The van der Waals surface area contributed by atoms with Gasteiger partial charge in [0.15, 0.2) is 11.5 Å². The third-order valence-electron chi connectivity index (χ3n) is 7.17. The Morgan fingerprint density at radius 1 is 0.714 bits per heavy atom. The maximum absolute atomic E-state index is 10.7. The second-order valence-corrected chi connectivity index (χ2v) is 9.53. The molecule has 2 aliphatic rings. The van der Waals surface area contributed by atoms with Gasteiger partial charge >= 0.3 is 0 Å². The summed E-state index contributed by atoms with van der Waals surface area (Å²) in [6.45, 7) is 0. The Kier molecular flexibility index (Phi) is 6.31. The first-order valence-corrected chi connectivity index (χ1v) is 12.1. The number of aliphatic hydroxyl groups is 1. The number of benzene rings is 3. The van der Waals surface area contributed by atoms with Crippen LogP contribution in [-0.2, 0) is 6.42 Å². The van der Waals surface area contributed by atoms with Crippen molar-refractivity contribution in [1.82, 2.24) is 0 Å². The molecule has 2 unspecified atom stereocenters. The van der Waals surface area contributed by atoms with E-state index in [-0.39, 0.29) is 35.2 Å². The van der Waals surface area contributed by atoms with E-state index in [0.717, 1.165) is 5.56 Å². The van der Waals surface area contributed by atoms with Crippen LogP contribution in [0.1, 0.15) is 71.9 Å². The lowest BCUT2D eigenvalue weighted by atomic mass is 9.84. The minimum absolute atomic E-state index is 0.102. The fourth-order valence-corrected chi connectivity index (χ4v) is 5.21. The summed E-state index contributed by atoms with van der Waals surface area (Å²) in [6, 6.07) is 13.9. The molecule has 3 aromatic carbocycles. The fraction of sp³-hybridized carbons (Fsp3) is 0.310. The van der Waals surface area contributed by atoms with Crippen molar-refractivity contribution >= 4 is 12.2 Å². The van der Waals surface area contributed by atoms with Crippen molar-refractivity contribution in [3.05, 3.63) is 76.3 Å². The molecule has 0 bridgehead atoms. The molecule has 6 heteroatoms. The number of aliphatic hydroxyl groups excluding tert-OH is 1. The molecule has 1 aliphatic heterocycles. The van der Waals surface area contributed by atoms with Crippen LogP contribution >= 0.6 is 0 Å². The quantitative estimate of drug-likeness (QED) is 0.243. The van der Waals surface area contributed by atoms with Crippen LogP contribution in [0.25, 0.3) is 12.2 Å². The number of phenolic OH excluding ortho intramolecular Hbond substituents is 4. The van der Waals surface area contributed by atoms with E-state index in [1.165, 1.54) is 55.9 Å². The van der Waals surface area contributed by atoms with E-state index >= 15 is 0 Å². The zero-order chi connectivity index (χ0) is 24.5. The molecule has 6 nitrogen and oxygen atoms in total. The van der Waals surface area contributed by atoms with E-state index in [2.05, 4.69) is 24.3 Å². The fourth-order valence-electron chi connectivity index (χ4n) is 5.21. The molecule has 1 aliphatic carbocycles. The van der Waals surface area contributed by atoms with Gasteiger partial charge in [-0.2, -0.15) is 0 Å². The Morgan fingerprint density at radius 3 is 2.14 bits per heavy atom. The molecule has 5 N–H and O–H groups in total. The van der Waals surface area contributed by atoms with Crippen LogP contribution in [0.5, 0.6) is 28.7 Å². The molecular formula is C29H30O6. The molecule has 0 saturated heterocycles. The molecule has 2 atom stereocenters. The Bertz CT molecular complexity index is 1240. The molecule has 0 amide bonds. The van der Waals surface area contributed by atoms with Gasteiger partial charge in [-0.05, 0) is 53.7 Å². The van der Waals surface area contributed by atoms with E-state index < -0.39 is 12.2 Å². The van der Waals surface area contributed by atoms with Crippen molar-refractivity contribution in [3.63, 3.8) is 0 Å². The van der Waals surface area contributed by atoms with E-state index in [9.17, 15) is 25.5 Å². The number of rotatable bonds is 4. The van der Waals surface area contributed by atoms with Gasteiger partial charge in [0.05, 0.1) is 11.7 Å². The number of fused-ring (bicyclic) bond motifs is 1. The molecule has 1 heterocycles. The molecule has 182 valence electrons. The SMILES string of the molecule is Oc1ccc(C2Oc3c(/C=C/c4ccc(C5CCCCC5)cc4)c(O)cc(O)c3CC2O)cc1O. The molecule has 0 aromatic heterocycles. The highest BCUT2D eigenvalue weighted by Crippen LogP contribution is 2.46. The van der Waals surface area contributed by atoms with E-state index in [0.29, 0.717) is 22.6 Å². The number of hydrogen-bond acceptors (Lipinski definition) is 6. The topological polar surface area (TPSA) is 110 Å². The summed E-state index contributed by atoms with van der Waals surface area (Å²) >= 11 is 0. The van der Waals surface area contributed by atoms with Gasteiger partial charge in [-0.3, -0.25) is 0 Å². The van der Waals surface area contributed by atoms with Crippen LogP contribution in [0.2, 0.25) is 0 Å². The number of phenols is 4. The minimum Gasteiger partial charge on any atom is -0.507 e. The summed E-state index contributed by atoms with van der Waals surface area (Å²) in [5.74, 6) is 0.0246. The van der Waals surface area contributed by atoms with Gasteiger partial charge in [-0.25, -0.2) is 0 Å². The summed E-state index contributed by atoms with van der Waals surface area (Å²) in [7, 11) is 0. The van der Waals surface area contributed by atoms with Crippen LogP contribution in [0.15, 0.2) is 48.5 Å². The largest absolute Gasteiger partial charge is 0.507 e. The van der Waals surface area contributed by atoms with Crippen molar-refractivity contribution in [1.29, 1.82) is 0 Å². The predicted octanol–water partition coefficient (Wildman–Crippen LogP) is 5.76. The van der Waals surface area contributed by atoms with Gasteiger partial charge in [0.1, 0.15) is 23.4 Å². The van der Waals surface area contributed by atoms with Crippen molar-refractivity contribution in [3.8, 4) is 28.7 Å². The molecule has 5 rings (SSSR count). The third-order valence-corrected chi connectivity index (χ3v) is 7.17. The average Bonchev–Trinajstić information content (AvgIpc) is 2.86. The highest BCUT2D eigenvalue weighted by Gasteiger charge is 2.34. The smallest absolute Gasteiger partial charge is 0.157 e. The second-order valence-electron chi connectivity index (χ2n) is 9.53. The standard InChI is InChI=1S/C29H30O6/c30-23-13-11-20(14-26(23)33)28-27(34)15-22-25(32)16-24(31)21(29(22)35-28)12-8-17-6-9-19(10-7-17)18-4-2-1-3-5-18/h6-14,16,18,27-28,30-34H,1-5,15H2/b12-8+. The molecule has 0 radical (unpaired) electrons. The number of aromatic hydroxyl groups is 4. The van der Waals surface area contributed by atoms with Crippen LogP contribution in [0.3, 0.4) is 0 Å². The Morgan fingerprint density at radius 2 is 1.43 bits per heavy atom. The van der Waals surface area contributed by atoms with Crippen molar-refractivity contribution in [2.24, 2.45) is 0 Å². The zero-order valence-corrected chi connectivity index (χ0v) is 19.4. The first-order chi connectivity index (χ1) is 16.9. The maximum atomic E-state index is 10.7. The van der Waals surface area contributed by atoms with E-state index in [1.807, 2.05) is 6.08 Å². The highest BCUT2D eigenvalue weighted by molar-refractivity contribution is 5.78. The lowest BCUT2D eigenvalue weighted by Crippen LogP contribution is -2.30. The normalized spacial score (nSPS) is 20.5. The van der Waals surface area contributed by atoms with E-state index in [1.54, 1.807) is 12.1 Å². The Balaban J connectivity index is 1.44. The first-order valence-electron chi connectivity index (χ1n) is 12.1. The number of hydrogen-bond donors (Lipinski definition) is 5. The molecule has 1 fully saturated rings. The lowest BCUT2D eigenvalue weighted by Gasteiger charge is -2.32. The second kappa shape index (κ2) is 9.55. The monoisotopic (exact) mass is 474 g/mol. The average molecular weight is 475 g/mol. The van der Waals surface area contributed by atoms with Gasteiger partial charge in [0, 0.05) is 18.1 Å². The summed E-state index contributed by atoms with van der Waals surface area (Å²) in [4.78, 5) is 0. The van der Waals surface area contributed by atoms with Gasteiger partial charge in [0.25, 0.3) is 0 Å². The van der Waals surface area contributed by atoms with Crippen LogP contribution in [0.4, 0.5) is 0 Å². The predicted molar refractivity (Wildman–Crippen MR) is 134 cm³/mol. The van der Waals surface area contributed by atoms with Crippen molar-refractivity contribution in [2.45, 2.75) is 56.7 Å². The number of ether oxygens (including phenoxy) is 1. The Labute approximate surface area is 204 Å². The first kappa shape index (κ1) is 23.1. The molecule has 3 aromatic rings. The summed E-state index contributed by atoms with van der Waals surface area (Å²) in [6.07, 6.45) is 8.27. The minimum atomic E-state index is -0.994. The van der Waals surface area contributed by atoms with Crippen molar-refractivity contribution < 1.29 is 30.3 Å². The lowest BCUT2D eigenvalue weighted by molar-refractivity contribution is 0.0195. The molecule has 1 saturated carbocycles. The maximum Gasteiger partial charge on any atom is 0.157 e. The summed E-state index contributed by atoms with van der Waals surface area (Å²) in [5.41, 5.74) is 3.61. The third kappa shape index (κ3) is 4.66. The van der Waals surface area contributed by atoms with Gasteiger partial charge in [-0.15, -0.1) is 0 Å².